The molecule has 13 heavy (non-hydrogen) atoms. The molecule has 1 aromatic rings. The van der Waals surface area contributed by atoms with Crippen molar-refractivity contribution in [3.05, 3.63) is 21.6 Å². The van der Waals surface area contributed by atoms with Crippen molar-refractivity contribution in [3.8, 4) is 5.75 Å². The van der Waals surface area contributed by atoms with Gasteiger partial charge < -0.3 is 14.8 Å². The minimum atomic E-state index is -1.59. The normalized spacial score (nSPS) is 9.92. The van der Waals surface area contributed by atoms with Crippen molar-refractivity contribution in [2.45, 2.75) is 0 Å². The van der Waals surface area contributed by atoms with E-state index in [1.807, 2.05) is 0 Å². The van der Waals surface area contributed by atoms with Gasteiger partial charge in [-0.05, 0) is 28.1 Å². The monoisotopic (exact) mass is 264 g/mol. The molecule has 0 radical (unpaired) electrons. The standard InChI is InChI=1S/C7H7BBrClO3/c1-13-7-5(8(11)12)2-4(10)3-6(7)9/h2-3,11-12H,1H3. The van der Waals surface area contributed by atoms with Gasteiger partial charge in [0.2, 0.25) is 0 Å². The van der Waals surface area contributed by atoms with Gasteiger partial charge in [-0.2, -0.15) is 0 Å². The number of hydrogen-bond acceptors (Lipinski definition) is 3. The van der Waals surface area contributed by atoms with Gasteiger partial charge >= 0.3 is 7.12 Å². The van der Waals surface area contributed by atoms with Gasteiger partial charge in [0.1, 0.15) is 5.75 Å². The van der Waals surface area contributed by atoms with E-state index in [0.717, 1.165) is 0 Å². The minimum absolute atomic E-state index is 0.238. The van der Waals surface area contributed by atoms with Crippen LogP contribution in [0.5, 0.6) is 5.75 Å². The van der Waals surface area contributed by atoms with Gasteiger partial charge in [-0.15, -0.1) is 0 Å². The van der Waals surface area contributed by atoms with Gasteiger partial charge in [0.15, 0.2) is 0 Å². The van der Waals surface area contributed by atoms with Gasteiger partial charge in [-0.1, -0.05) is 11.6 Å². The van der Waals surface area contributed by atoms with Crippen LogP contribution in [0.1, 0.15) is 0 Å². The summed E-state index contributed by atoms with van der Waals surface area (Å²) < 4.78 is 5.56. The third-order valence-corrected chi connectivity index (χ3v) is 2.33. The highest BCUT2D eigenvalue weighted by molar-refractivity contribution is 9.10. The SMILES string of the molecule is COc1c(Br)cc(Cl)cc1B(O)O. The molecule has 2 N–H and O–H groups in total. The highest BCUT2D eigenvalue weighted by Gasteiger charge is 2.19. The summed E-state index contributed by atoms with van der Waals surface area (Å²) in [6, 6.07) is 3.06. The van der Waals surface area contributed by atoms with Gasteiger partial charge in [0.25, 0.3) is 0 Å². The predicted octanol–water partition coefficient (Wildman–Crippen LogP) is 0.791. The second kappa shape index (κ2) is 4.33. The van der Waals surface area contributed by atoms with Crippen molar-refractivity contribution in [2.75, 3.05) is 7.11 Å². The molecule has 1 aromatic carbocycles. The topological polar surface area (TPSA) is 49.7 Å². The number of rotatable bonds is 2. The lowest BCUT2D eigenvalue weighted by atomic mass is 9.79. The zero-order valence-corrected chi connectivity index (χ0v) is 9.13. The third kappa shape index (κ3) is 2.37. The van der Waals surface area contributed by atoms with E-state index in [-0.39, 0.29) is 5.46 Å². The zero-order chi connectivity index (χ0) is 10.0. The summed E-state index contributed by atoms with van der Waals surface area (Å²) in [7, 11) is -0.148. The van der Waals surface area contributed by atoms with Crippen LogP contribution in [-0.2, 0) is 0 Å². The van der Waals surface area contributed by atoms with Gasteiger partial charge in [-0.3, -0.25) is 0 Å². The molecule has 0 bridgehead atoms. The maximum Gasteiger partial charge on any atom is 0.492 e. The molecule has 0 aliphatic carbocycles. The summed E-state index contributed by atoms with van der Waals surface area (Å²) in [4.78, 5) is 0. The van der Waals surface area contributed by atoms with Crippen molar-refractivity contribution in [1.29, 1.82) is 0 Å². The van der Waals surface area contributed by atoms with Crippen molar-refractivity contribution < 1.29 is 14.8 Å². The van der Waals surface area contributed by atoms with Crippen LogP contribution in [0.4, 0.5) is 0 Å². The van der Waals surface area contributed by atoms with Crippen molar-refractivity contribution in [1.82, 2.24) is 0 Å². The first-order valence-electron chi connectivity index (χ1n) is 3.45. The van der Waals surface area contributed by atoms with Gasteiger partial charge in [0, 0.05) is 10.5 Å². The Hall–Kier alpha value is -0.225. The Labute approximate surface area is 89.6 Å². The maximum absolute atomic E-state index is 8.98. The fourth-order valence-corrected chi connectivity index (χ4v) is 1.98. The van der Waals surface area contributed by atoms with Crippen LogP contribution in [0.3, 0.4) is 0 Å². The average molecular weight is 265 g/mol. The first-order chi connectivity index (χ1) is 6.06. The lowest BCUT2D eigenvalue weighted by Crippen LogP contribution is -2.31. The van der Waals surface area contributed by atoms with Crippen LogP contribution in [0.25, 0.3) is 0 Å². The molecule has 6 heteroatoms. The maximum atomic E-state index is 8.98. The van der Waals surface area contributed by atoms with E-state index in [1.54, 1.807) is 6.07 Å². The molecular formula is C7H7BBrClO3. The molecule has 0 heterocycles. The van der Waals surface area contributed by atoms with E-state index >= 15 is 0 Å². The fraction of sp³-hybridized carbons (Fsp3) is 0.143. The molecule has 0 amide bonds. The Morgan fingerprint density at radius 3 is 2.54 bits per heavy atom. The fourth-order valence-electron chi connectivity index (χ4n) is 0.987. The van der Waals surface area contributed by atoms with E-state index in [4.69, 9.17) is 26.4 Å². The second-order valence-corrected chi connectivity index (χ2v) is 3.67. The third-order valence-electron chi connectivity index (χ3n) is 1.52. The van der Waals surface area contributed by atoms with Crippen LogP contribution in [0.2, 0.25) is 5.02 Å². The smallest absolute Gasteiger partial charge is 0.492 e. The summed E-state index contributed by atoms with van der Waals surface area (Å²) in [5.74, 6) is 0.374. The van der Waals surface area contributed by atoms with E-state index in [0.29, 0.717) is 15.2 Å². The molecule has 0 aliphatic rings. The zero-order valence-electron chi connectivity index (χ0n) is 6.79. The van der Waals surface area contributed by atoms with Crippen LogP contribution < -0.4 is 10.2 Å². The lowest BCUT2D eigenvalue weighted by Gasteiger charge is -2.09. The van der Waals surface area contributed by atoms with E-state index in [2.05, 4.69) is 15.9 Å². The number of ether oxygens (including phenoxy) is 1. The van der Waals surface area contributed by atoms with Crippen molar-refractivity contribution in [3.63, 3.8) is 0 Å². The molecule has 3 nitrogen and oxygen atoms in total. The first kappa shape index (κ1) is 10.9. The van der Waals surface area contributed by atoms with Crippen LogP contribution >= 0.6 is 27.5 Å². The van der Waals surface area contributed by atoms with Crippen LogP contribution in [-0.4, -0.2) is 24.3 Å². The summed E-state index contributed by atoms with van der Waals surface area (Å²) in [6.45, 7) is 0. The molecule has 0 spiro atoms. The number of benzene rings is 1. The Kier molecular flexibility index (Phi) is 3.61. The molecule has 0 unspecified atom stereocenters. The lowest BCUT2D eigenvalue weighted by molar-refractivity contribution is 0.401. The highest BCUT2D eigenvalue weighted by atomic mass is 79.9. The van der Waals surface area contributed by atoms with Crippen LogP contribution in [0, 0.1) is 0 Å². The van der Waals surface area contributed by atoms with E-state index < -0.39 is 7.12 Å². The molecule has 0 atom stereocenters. The molecule has 1 rings (SSSR count). The first-order valence-corrected chi connectivity index (χ1v) is 4.62. The molecule has 0 fully saturated rings. The highest BCUT2D eigenvalue weighted by Crippen LogP contribution is 2.26. The van der Waals surface area contributed by atoms with Gasteiger partial charge in [-0.25, -0.2) is 0 Å². The minimum Gasteiger partial charge on any atom is -0.496 e. The van der Waals surface area contributed by atoms with Gasteiger partial charge in [0.05, 0.1) is 11.6 Å². The molecule has 70 valence electrons. The summed E-state index contributed by atoms with van der Waals surface area (Å²) >= 11 is 8.91. The molecule has 0 aromatic heterocycles. The Morgan fingerprint density at radius 2 is 2.08 bits per heavy atom. The Balaban J connectivity index is 3.29. The number of methoxy groups -OCH3 is 1. The molecular weight excluding hydrogens is 258 g/mol. The Morgan fingerprint density at radius 1 is 1.46 bits per heavy atom. The largest absolute Gasteiger partial charge is 0.496 e. The molecule has 0 saturated heterocycles. The number of hydrogen-bond donors (Lipinski definition) is 2. The second-order valence-electron chi connectivity index (χ2n) is 2.38. The summed E-state index contributed by atoms with van der Waals surface area (Å²) in [6.07, 6.45) is 0. The number of halogens is 2. The predicted molar refractivity (Wildman–Crippen MR) is 55.5 cm³/mol. The van der Waals surface area contributed by atoms with E-state index in [1.165, 1.54) is 13.2 Å². The van der Waals surface area contributed by atoms with Crippen molar-refractivity contribution in [2.24, 2.45) is 0 Å². The summed E-state index contributed by atoms with van der Waals surface area (Å²) in [5.41, 5.74) is 0.238. The van der Waals surface area contributed by atoms with Crippen molar-refractivity contribution >= 4 is 40.1 Å². The Bertz CT molecular complexity index is 319. The van der Waals surface area contributed by atoms with Crippen LogP contribution in [0.15, 0.2) is 16.6 Å². The molecule has 0 aliphatic heterocycles. The molecule has 0 saturated carbocycles. The average Bonchev–Trinajstić information content (AvgIpc) is 2.02. The quantitative estimate of drug-likeness (QED) is 0.777. The summed E-state index contributed by atoms with van der Waals surface area (Å²) in [5, 5.41) is 18.4. The van der Waals surface area contributed by atoms with E-state index in [9.17, 15) is 0 Å².